The van der Waals surface area contributed by atoms with E-state index in [1.807, 2.05) is 12.1 Å². The molecule has 0 aromatic carbocycles. The van der Waals surface area contributed by atoms with Crippen molar-refractivity contribution in [3.63, 3.8) is 0 Å². The Bertz CT molecular complexity index is 332. The van der Waals surface area contributed by atoms with Crippen molar-refractivity contribution in [2.45, 2.75) is 38.1 Å². The highest BCUT2D eigenvalue weighted by atomic mass is 16.5. The van der Waals surface area contributed by atoms with Gasteiger partial charge in [-0.1, -0.05) is 12.1 Å². The van der Waals surface area contributed by atoms with Crippen molar-refractivity contribution in [3.05, 3.63) is 23.9 Å². The maximum absolute atomic E-state index is 9.55. The molecule has 0 bridgehead atoms. The molecule has 1 aromatic heterocycles. The molecule has 1 aliphatic rings. The van der Waals surface area contributed by atoms with E-state index in [0.29, 0.717) is 12.2 Å². The van der Waals surface area contributed by atoms with Gasteiger partial charge in [0.1, 0.15) is 7.85 Å². The highest BCUT2D eigenvalue weighted by Gasteiger charge is 2.25. The lowest BCUT2D eigenvalue weighted by Crippen LogP contribution is -2.23. The summed E-state index contributed by atoms with van der Waals surface area (Å²) in [5.41, 5.74) is 1.32. The standard InChI is InChI=1S/C11H14BNO2/c12-11-6-1-3-8(13-11)7-15-10-5-2-4-9(10)14/h1,3,6,9-10,14H,2,4-5,7H2/t9-,10-/m1/s1. The molecule has 0 spiro atoms. The fourth-order valence-electron chi connectivity index (χ4n) is 1.87. The minimum Gasteiger partial charge on any atom is -0.390 e. The highest BCUT2D eigenvalue weighted by Crippen LogP contribution is 2.22. The van der Waals surface area contributed by atoms with E-state index in [1.54, 1.807) is 6.07 Å². The van der Waals surface area contributed by atoms with Gasteiger partial charge in [0, 0.05) is 0 Å². The minimum absolute atomic E-state index is 0.0340. The second kappa shape index (κ2) is 4.77. The Kier molecular flexibility index (Phi) is 3.39. The van der Waals surface area contributed by atoms with Crippen molar-refractivity contribution >= 4 is 13.4 Å². The summed E-state index contributed by atoms with van der Waals surface area (Å²) in [6.45, 7) is 0.423. The fraction of sp³-hybridized carbons (Fsp3) is 0.545. The molecule has 0 aliphatic heterocycles. The predicted octanol–water partition coefficient (Wildman–Crippen LogP) is 0.305. The lowest BCUT2D eigenvalue weighted by atomic mass is 10.0. The molecular formula is C11H14BNO2. The molecule has 1 aliphatic carbocycles. The maximum atomic E-state index is 9.55. The first-order valence-corrected chi connectivity index (χ1v) is 5.27. The summed E-state index contributed by atoms with van der Waals surface area (Å²) in [5.74, 6) is 0. The zero-order chi connectivity index (χ0) is 10.7. The third-order valence-electron chi connectivity index (χ3n) is 2.69. The Labute approximate surface area is 90.9 Å². The molecule has 0 amide bonds. The molecule has 1 fully saturated rings. The molecule has 1 heterocycles. The van der Waals surface area contributed by atoms with Crippen molar-refractivity contribution in [1.82, 2.24) is 4.98 Å². The van der Waals surface area contributed by atoms with Crippen LogP contribution in [0.1, 0.15) is 25.0 Å². The van der Waals surface area contributed by atoms with Gasteiger partial charge in [0.25, 0.3) is 0 Å². The normalized spacial score (nSPS) is 25.7. The smallest absolute Gasteiger partial charge is 0.141 e. The third-order valence-corrected chi connectivity index (χ3v) is 2.69. The summed E-state index contributed by atoms with van der Waals surface area (Å²) in [7, 11) is 5.55. The summed E-state index contributed by atoms with van der Waals surface area (Å²) in [5, 5.41) is 9.55. The first kappa shape index (κ1) is 10.6. The van der Waals surface area contributed by atoms with Crippen LogP contribution in [0.4, 0.5) is 0 Å². The molecule has 78 valence electrons. The van der Waals surface area contributed by atoms with E-state index in [1.165, 1.54) is 0 Å². The van der Waals surface area contributed by atoms with Gasteiger partial charge in [-0.3, -0.25) is 4.98 Å². The van der Waals surface area contributed by atoms with E-state index in [2.05, 4.69) is 4.98 Å². The van der Waals surface area contributed by atoms with Crippen LogP contribution in [0.2, 0.25) is 0 Å². The maximum Gasteiger partial charge on any atom is 0.141 e. The number of aliphatic hydroxyl groups excluding tert-OH is 1. The van der Waals surface area contributed by atoms with E-state index >= 15 is 0 Å². The van der Waals surface area contributed by atoms with E-state index in [0.717, 1.165) is 25.0 Å². The monoisotopic (exact) mass is 203 g/mol. The Morgan fingerprint density at radius 2 is 2.33 bits per heavy atom. The van der Waals surface area contributed by atoms with Crippen molar-refractivity contribution in [1.29, 1.82) is 0 Å². The molecule has 0 saturated heterocycles. The Hall–Kier alpha value is -0.865. The second-order valence-electron chi connectivity index (χ2n) is 3.90. The topological polar surface area (TPSA) is 42.4 Å². The highest BCUT2D eigenvalue weighted by molar-refractivity contribution is 6.30. The Morgan fingerprint density at radius 1 is 1.47 bits per heavy atom. The van der Waals surface area contributed by atoms with Crippen LogP contribution >= 0.6 is 0 Å². The quantitative estimate of drug-likeness (QED) is 0.718. The van der Waals surface area contributed by atoms with Gasteiger partial charge in [0.05, 0.1) is 24.5 Å². The average molecular weight is 203 g/mol. The van der Waals surface area contributed by atoms with E-state index < -0.39 is 0 Å². The number of aromatic nitrogens is 1. The number of aliphatic hydroxyl groups is 1. The van der Waals surface area contributed by atoms with E-state index in [9.17, 15) is 5.11 Å². The van der Waals surface area contributed by atoms with E-state index in [4.69, 9.17) is 12.6 Å². The number of ether oxygens (including phenoxy) is 1. The zero-order valence-corrected chi connectivity index (χ0v) is 8.60. The molecule has 3 nitrogen and oxygen atoms in total. The van der Waals surface area contributed by atoms with Crippen molar-refractivity contribution in [3.8, 4) is 0 Å². The summed E-state index contributed by atoms with van der Waals surface area (Å²) in [4.78, 5) is 4.13. The minimum atomic E-state index is -0.314. The third kappa shape index (κ3) is 2.80. The molecule has 2 radical (unpaired) electrons. The largest absolute Gasteiger partial charge is 0.390 e. The van der Waals surface area contributed by atoms with Crippen LogP contribution in [-0.2, 0) is 11.3 Å². The van der Waals surface area contributed by atoms with Crippen LogP contribution < -0.4 is 5.59 Å². The first-order chi connectivity index (χ1) is 7.25. The van der Waals surface area contributed by atoms with Gasteiger partial charge in [-0.2, -0.15) is 0 Å². The summed E-state index contributed by atoms with van der Waals surface area (Å²) < 4.78 is 5.59. The molecule has 1 aromatic rings. The first-order valence-electron chi connectivity index (χ1n) is 5.27. The SMILES string of the molecule is [B]c1cccc(CO[C@@H]2CCC[C@H]2O)n1. The predicted molar refractivity (Wildman–Crippen MR) is 58.1 cm³/mol. The van der Waals surface area contributed by atoms with Crippen LogP contribution in [0.3, 0.4) is 0 Å². The van der Waals surface area contributed by atoms with Gasteiger partial charge in [0.15, 0.2) is 0 Å². The van der Waals surface area contributed by atoms with Crippen LogP contribution in [0.5, 0.6) is 0 Å². The molecule has 2 rings (SSSR count). The molecule has 1 N–H and O–H groups in total. The van der Waals surface area contributed by atoms with Gasteiger partial charge < -0.3 is 9.84 Å². The van der Waals surface area contributed by atoms with Gasteiger partial charge in [-0.05, 0) is 30.9 Å². The average Bonchev–Trinajstić information content (AvgIpc) is 2.61. The second-order valence-corrected chi connectivity index (χ2v) is 3.90. The van der Waals surface area contributed by atoms with Gasteiger partial charge in [-0.25, -0.2) is 0 Å². The molecule has 4 heteroatoms. The van der Waals surface area contributed by atoms with Gasteiger partial charge in [0.2, 0.25) is 0 Å². The number of hydrogen-bond donors (Lipinski definition) is 1. The van der Waals surface area contributed by atoms with E-state index in [-0.39, 0.29) is 12.2 Å². The lowest BCUT2D eigenvalue weighted by Gasteiger charge is -2.15. The molecular weight excluding hydrogens is 189 g/mol. The molecule has 1 saturated carbocycles. The van der Waals surface area contributed by atoms with Crippen molar-refractivity contribution in [2.24, 2.45) is 0 Å². The summed E-state index contributed by atoms with van der Waals surface area (Å²) in [6.07, 6.45) is 2.47. The lowest BCUT2D eigenvalue weighted by molar-refractivity contribution is -0.0283. The number of pyridine rings is 1. The zero-order valence-electron chi connectivity index (χ0n) is 8.60. The molecule has 0 unspecified atom stereocenters. The number of hydrogen-bond acceptors (Lipinski definition) is 3. The molecule has 2 atom stereocenters. The fourth-order valence-corrected chi connectivity index (χ4v) is 1.87. The number of rotatable bonds is 3. The van der Waals surface area contributed by atoms with Gasteiger partial charge >= 0.3 is 0 Å². The Balaban J connectivity index is 1.87. The van der Waals surface area contributed by atoms with Crippen LogP contribution in [0.15, 0.2) is 18.2 Å². The van der Waals surface area contributed by atoms with Crippen LogP contribution in [0, 0.1) is 0 Å². The van der Waals surface area contributed by atoms with Gasteiger partial charge in [-0.15, -0.1) is 0 Å². The van der Waals surface area contributed by atoms with Crippen molar-refractivity contribution in [2.75, 3.05) is 0 Å². The molecule has 15 heavy (non-hydrogen) atoms. The van der Waals surface area contributed by atoms with Crippen molar-refractivity contribution < 1.29 is 9.84 Å². The van der Waals surface area contributed by atoms with Crippen LogP contribution in [-0.4, -0.2) is 30.1 Å². The number of nitrogens with zero attached hydrogens (tertiary/aromatic N) is 1. The summed E-state index contributed by atoms with van der Waals surface area (Å²) in [6, 6.07) is 5.47. The summed E-state index contributed by atoms with van der Waals surface area (Å²) >= 11 is 0. The Morgan fingerprint density at radius 3 is 3.00 bits per heavy atom. The van der Waals surface area contributed by atoms with Crippen LogP contribution in [0.25, 0.3) is 0 Å².